The molecule has 0 radical (unpaired) electrons. The van der Waals surface area contributed by atoms with Gasteiger partial charge < -0.3 is 16.4 Å². The molecule has 1 rings (SSSR count). The second kappa shape index (κ2) is 5.04. The van der Waals surface area contributed by atoms with Crippen molar-refractivity contribution in [2.45, 2.75) is 52.1 Å². The van der Waals surface area contributed by atoms with Crippen molar-refractivity contribution >= 4 is 11.8 Å². The highest BCUT2D eigenvalue weighted by Gasteiger charge is 2.37. The molecule has 2 atom stereocenters. The minimum atomic E-state index is -0.595. The Morgan fingerprint density at radius 1 is 1.29 bits per heavy atom. The smallest absolute Gasteiger partial charge is 0.240 e. The number of nitrogens with two attached hydrogens (primary N) is 2. The first kappa shape index (κ1) is 14.0. The van der Waals surface area contributed by atoms with Crippen LogP contribution in [-0.4, -0.2) is 35.3 Å². The molecule has 0 aromatic carbocycles. The van der Waals surface area contributed by atoms with Crippen LogP contribution in [0.4, 0.5) is 0 Å². The Morgan fingerprint density at radius 3 is 2.35 bits per heavy atom. The van der Waals surface area contributed by atoms with Crippen LogP contribution in [0.3, 0.4) is 0 Å². The van der Waals surface area contributed by atoms with Gasteiger partial charge in [-0.25, -0.2) is 0 Å². The summed E-state index contributed by atoms with van der Waals surface area (Å²) in [7, 11) is 0. The molecule has 0 aliphatic carbocycles. The van der Waals surface area contributed by atoms with Gasteiger partial charge in [-0.3, -0.25) is 9.59 Å². The number of hydrogen-bond acceptors (Lipinski definition) is 3. The van der Waals surface area contributed by atoms with Gasteiger partial charge in [0.2, 0.25) is 11.8 Å². The molecule has 1 heterocycles. The van der Waals surface area contributed by atoms with Crippen LogP contribution in [0.1, 0.15) is 40.0 Å². The van der Waals surface area contributed by atoms with Gasteiger partial charge in [-0.05, 0) is 24.7 Å². The fourth-order valence-corrected chi connectivity index (χ4v) is 2.04. The van der Waals surface area contributed by atoms with Crippen molar-refractivity contribution < 1.29 is 9.59 Å². The maximum Gasteiger partial charge on any atom is 0.240 e. The van der Waals surface area contributed by atoms with Gasteiger partial charge >= 0.3 is 0 Å². The van der Waals surface area contributed by atoms with E-state index >= 15 is 0 Å². The first-order valence-electron chi connectivity index (χ1n) is 6.10. The number of amides is 2. The van der Waals surface area contributed by atoms with E-state index in [4.69, 9.17) is 11.5 Å². The molecule has 17 heavy (non-hydrogen) atoms. The third-order valence-electron chi connectivity index (χ3n) is 3.31. The Kier molecular flexibility index (Phi) is 4.14. The van der Waals surface area contributed by atoms with E-state index in [1.807, 2.05) is 20.8 Å². The maximum absolute atomic E-state index is 12.3. The molecule has 1 aliphatic heterocycles. The SMILES string of the molecule is CC(C)(C)[C@@H](N)C(=O)N1CCCCC1C(N)=O. The van der Waals surface area contributed by atoms with Gasteiger partial charge in [-0.15, -0.1) is 0 Å². The maximum atomic E-state index is 12.3. The first-order chi connectivity index (χ1) is 7.75. The number of hydrogen-bond donors (Lipinski definition) is 2. The quantitative estimate of drug-likeness (QED) is 0.725. The zero-order chi connectivity index (χ0) is 13.2. The summed E-state index contributed by atoms with van der Waals surface area (Å²) in [5.74, 6) is -0.597. The second-order valence-electron chi connectivity index (χ2n) is 5.79. The average Bonchev–Trinajstić information content (AvgIpc) is 2.25. The summed E-state index contributed by atoms with van der Waals surface area (Å²) in [5.41, 5.74) is 11.0. The molecular formula is C12H23N3O2. The summed E-state index contributed by atoms with van der Waals surface area (Å²) in [5, 5.41) is 0. The Balaban J connectivity index is 2.82. The Labute approximate surface area is 103 Å². The number of carbonyl (C=O) groups is 2. The summed E-state index contributed by atoms with van der Waals surface area (Å²) in [6.07, 6.45) is 2.49. The van der Waals surface area contributed by atoms with Crippen LogP contribution in [0.15, 0.2) is 0 Å². The van der Waals surface area contributed by atoms with E-state index in [0.29, 0.717) is 13.0 Å². The zero-order valence-electron chi connectivity index (χ0n) is 10.9. The molecule has 1 saturated heterocycles. The summed E-state index contributed by atoms with van der Waals surface area (Å²) < 4.78 is 0. The van der Waals surface area contributed by atoms with Gasteiger partial charge in [0, 0.05) is 6.54 Å². The van der Waals surface area contributed by atoms with E-state index in [2.05, 4.69) is 0 Å². The van der Waals surface area contributed by atoms with Crippen molar-refractivity contribution in [3.8, 4) is 0 Å². The lowest BCUT2D eigenvalue weighted by molar-refractivity contribution is -0.144. The van der Waals surface area contributed by atoms with Crippen LogP contribution in [0.5, 0.6) is 0 Å². The van der Waals surface area contributed by atoms with Gasteiger partial charge in [0.25, 0.3) is 0 Å². The molecule has 98 valence electrons. The number of nitrogens with zero attached hydrogens (tertiary/aromatic N) is 1. The summed E-state index contributed by atoms with van der Waals surface area (Å²) in [6, 6.07) is -1.08. The number of piperidine rings is 1. The molecule has 0 aromatic heterocycles. The molecular weight excluding hydrogens is 218 g/mol. The highest BCUT2D eigenvalue weighted by atomic mass is 16.2. The van der Waals surface area contributed by atoms with E-state index < -0.39 is 18.0 Å². The molecule has 0 saturated carbocycles. The summed E-state index contributed by atoms with van der Waals surface area (Å²) in [4.78, 5) is 25.1. The average molecular weight is 241 g/mol. The lowest BCUT2D eigenvalue weighted by Gasteiger charge is -2.38. The lowest BCUT2D eigenvalue weighted by atomic mass is 9.85. The van der Waals surface area contributed by atoms with Crippen molar-refractivity contribution in [1.82, 2.24) is 4.90 Å². The van der Waals surface area contributed by atoms with Gasteiger partial charge in [0.1, 0.15) is 6.04 Å². The number of carbonyl (C=O) groups excluding carboxylic acids is 2. The predicted molar refractivity (Wildman–Crippen MR) is 66.0 cm³/mol. The van der Waals surface area contributed by atoms with E-state index in [9.17, 15) is 9.59 Å². The van der Waals surface area contributed by atoms with Gasteiger partial charge in [-0.2, -0.15) is 0 Å². The van der Waals surface area contributed by atoms with Crippen molar-refractivity contribution in [2.75, 3.05) is 6.54 Å². The monoisotopic (exact) mass is 241 g/mol. The second-order valence-corrected chi connectivity index (χ2v) is 5.79. The fourth-order valence-electron chi connectivity index (χ4n) is 2.04. The van der Waals surface area contributed by atoms with Gasteiger partial charge in [0.15, 0.2) is 0 Å². The highest BCUT2D eigenvalue weighted by molar-refractivity contribution is 5.89. The van der Waals surface area contributed by atoms with Crippen LogP contribution in [0, 0.1) is 5.41 Å². The van der Waals surface area contributed by atoms with E-state index in [0.717, 1.165) is 12.8 Å². The van der Waals surface area contributed by atoms with Crippen LogP contribution in [-0.2, 0) is 9.59 Å². The molecule has 5 heteroatoms. The highest BCUT2D eigenvalue weighted by Crippen LogP contribution is 2.23. The van der Waals surface area contributed by atoms with Crippen molar-refractivity contribution in [3.63, 3.8) is 0 Å². The Morgan fingerprint density at radius 2 is 1.88 bits per heavy atom. The van der Waals surface area contributed by atoms with E-state index in [1.165, 1.54) is 0 Å². The van der Waals surface area contributed by atoms with Crippen molar-refractivity contribution in [3.05, 3.63) is 0 Å². The minimum absolute atomic E-state index is 0.166. The molecule has 5 nitrogen and oxygen atoms in total. The number of likely N-dealkylation sites (tertiary alicyclic amines) is 1. The molecule has 1 unspecified atom stereocenters. The van der Waals surface area contributed by atoms with Crippen molar-refractivity contribution in [1.29, 1.82) is 0 Å². The minimum Gasteiger partial charge on any atom is -0.368 e. The molecule has 1 fully saturated rings. The molecule has 0 spiro atoms. The van der Waals surface area contributed by atoms with Crippen LogP contribution in [0.25, 0.3) is 0 Å². The first-order valence-corrected chi connectivity index (χ1v) is 6.10. The molecule has 4 N–H and O–H groups in total. The Hall–Kier alpha value is -1.10. The topological polar surface area (TPSA) is 89.4 Å². The zero-order valence-corrected chi connectivity index (χ0v) is 10.9. The fraction of sp³-hybridized carbons (Fsp3) is 0.833. The largest absolute Gasteiger partial charge is 0.368 e. The van der Waals surface area contributed by atoms with Crippen molar-refractivity contribution in [2.24, 2.45) is 16.9 Å². The standard InChI is InChI=1S/C12H23N3O2/c1-12(2,3)9(13)11(17)15-7-5-4-6-8(15)10(14)16/h8-9H,4-7,13H2,1-3H3,(H2,14,16)/t8?,9-/m0/s1. The molecule has 0 bridgehead atoms. The van der Waals surface area contributed by atoms with Crippen LogP contribution in [0.2, 0.25) is 0 Å². The van der Waals surface area contributed by atoms with E-state index in [-0.39, 0.29) is 11.3 Å². The third-order valence-corrected chi connectivity index (χ3v) is 3.31. The van der Waals surface area contributed by atoms with Gasteiger partial charge in [0.05, 0.1) is 6.04 Å². The number of rotatable bonds is 2. The summed E-state index contributed by atoms with van der Waals surface area (Å²) >= 11 is 0. The van der Waals surface area contributed by atoms with Crippen LogP contribution >= 0.6 is 0 Å². The third kappa shape index (κ3) is 3.19. The summed E-state index contributed by atoms with van der Waals surface area (Å²) in [6.45, 7) is 6.33. The van der Waals surface area contributed by atoms with Gasteiger partial charge in [-0.1, -0.05) is 20.8 Å². The number of primary amides is 1. The molecule has 1 aliphatic rings. The lowest BCUT2D eigenvalue weighted by Crippen LogP contribution is -2.57. The van der Waals surface area contributed by atoms with E-state index in [1.54, 1.807) is 4.90 Å². The molecule has 0 aromatic rings. The molecule has 2 amide bonds. The Bertz CT molecular complexity index is 309. The predicted octanol–water partition coefficient (Wildman–Crippen LogP) is 0.226. The van der Waals surface area contributed by atoms with Crippen LogP contribution < -0.4 is 11.5 Å². The normalized spacial score (nSPS) is 23.3.